The van der Waals surface area contributed by atoms with Crippen LogP contribution in [0.2, 0.25) is 0 Å². The van der Waals surface area contributed by atoms with Crippen molar-refractivity contribution in [3.63, 3.8) is 0 Å². The SMILES string of the molecule is NC(=O)C1CNC(C(N)=O)CN1. The van der Waals surface area contributed by atoms with Crippen LogP contribution in [-0.2, 0) is 9.59 Å². The lowest BCUT2D eigenvalue weighted by atomic mass is 10.1. The van der Waals surface area contributed by atoms with Gasteiger partial charge in [-0.2, -0.15) is 0 Å². The minimum atomic E-state index is -0.426. The molecular weight excluding hydrogens is 160 g/mol. The molecule has 0 bridgehead atoms. The van der Waals surface area contributed by atoms with Crippen molar-refractivity contribution in [2.45, 2.75) is 12.1 Å². The fourth-order valence-corrected chi connectivity index (χ4v) is 1.07. The van der Waals surface area contributed by atoms with Gasteiger partial charge in [-0.25, -0.2) is 0 Å². The summed E-state index contributed by atoms with van der Waals surface area (Å²) in [6.07, 6.45) is 0. The van der Waals surface area contributed by atoms with Gasteiger partial charge in [-0.3, -0.25) is 9.59 Å². The van der Waals surface area contributed by atoms with Crippen LogP contribution >= 0.6 is 0 Å². The molecule has 2 amide bonds. The molecule has 0 radical (unpaired) electrons. The summed E-state index contributed by atoms with van der Waals surface area (Å²) in [6.45, 7) is 0.700. The van der Waals surface area contributed by atoms with Crippen LogP contribution in [0, 0.1) is 0 Å². The number of rotatable bonds is 2. The molecule has 1 rings (SSSR count). The third-order valence-corrected chi connectivity index (χ3v) is 1.82. The molecule has 1 fully saturated rings. The Hall–Kier alpha value is -1.14. The summed E-state index contributed by atoms with van der Waals surface area (Å²) in [5.74, 6) is -0.851. The average molecular weight is 172 g/mol. The molecule has 12 heavy (non-hydrogen) atoms. The highest BCUT2D eigenvalue weighted by molar-refractivity contribution is 5.83. The standard InChI is InChI=1S/C6H12N4O2/c7-5(11)3-1-9-4(2-10-3)6(8)12/h3-4,9-10H,1-2H2,(H2,7,11)(H2,8,12). The molecule has 6 N–H and O–H groups in total. The molecular formula is C6H12N4O2. The van der Waals surface area contributed by atoms with Gasteiger partial charge in [0.25, 0.3) is 0 Å². The van der Waals surface area contributed by atoms with E-state index < -0.39 is 23.9 Å². The zero-order chi connectivity index (χ0) is 9.14. The molecule has 0 saturated carbocycles. The number of primary amides is 2. The van der Waals surface area contributed by atoms with Crippen LogP contribution in [0.25, 0.3) is 0 Å². The molecule has 1 aliphatic heterocycles. The maximum atomic E-state index is 10.6. The first-order valence-corrected chi connectivity index (χ1v) is 3.66. The van der Waals surface area contributed by atoms with Gasteiger partial charge in [0.2, 0.25) is 11.8 Å². The fourth-order valence-electron chi connectivity index (χ4n) is 1.07. The van der Waals surface area contributed by atoms with Gasteiger partial charge in [0.05, 0.1) is 12.1 Å². The van der Waals surface area contributed by atoms with E-state index in [1.807, 2.05) is 0 Å². The van der Waals surface area contributed by atoms with Gasteiger partial charge in [0.15, 0.2) is 0 Å². The fraction of sp³-hybridized carbons (Fsp3) is 0.667. The first-order valence-electron chi connectivity index (χ1n) is 3.66. The minimum Gasteiger partial charge on any atom is -0.368 e. The van der Waals surface area contributed by atoms with Crippen molar-refractivity contribution in [2.24, 2.45) is 11.5 Å². The number of hydrogen-bond donors (Lipinski definition) is 4. The highest BCUT2D eigenvalue weighted by Crippen LogP contribution is 1.91. The Bertz CT molecular complexity index is 176. The van der Waals surface area contributed by atoms with E-state index in [-0.39, 0.29) is 0 Å². The van der Waals surface area contributed by atoms with Crippen molar-refractivity contribution in [1.29, 1.82) is 0 Å². The summed E-state index contributed by atoms with van der Waals surface area (Å²) >= 11 is 0. The number of nitrogens with one attached hydrogen (secondary N) is 2. The zero-order valence-corrected chi connectivity index (χ0v) is 6.54. The smallest absolute Gasteiger partial charge is 0.235 e. The van der Waals surface area contributed by atoms with Crippen LogP contribution in [0.15, 0.2) is 0 Å². The van der Waals surface area contributed by atoms with Crippen LogP contribution < -0.4 is 22.1 Å². The highest BCUT2D eigenvalue weighted by atomic mass is 16.2. The first-order chi connectivity index (χ1) is 5.61. The predicted molar refractivity (Wildman–Crippen MR) is 42.0 cm³/mol. The van der Waals surface area contributed by atoms with E-state index in [1.54, 1.807) is 0 Å². The molecule has 0 aromatic heterocycles. The molecule has 2 unspecified atom stereocenters. The van der Waals surface area contributed by atoms with Crippen LogP contribution in [-0.4, -0.2) is 37.0 Å². The van der Waals surface area contributed by atoms with Crippen molar-refractivity contribution < 1.29 is 9.59 Å². The molecule has 0 aliphatic carbocycles. The quantitative estimate of drug-likeness (QED) is 0.353. The number of carbonyl (C=O) groups is 2. The van der Waals surface area contributed by atoms with Gasteiger partial charge >= 0.3 is 0 Å². The molecule has 1 heterocycles. The van der Waals surface area contributed by atoms with E-state index in [9.17, 15) is 9.59 Å². The molecule has 1 saturated heterocycles. The largest absolute Gasteiger partial charge is 0.368 e. The first kappa shape index (κ1) is 8.95. The molecule has 1 aliphatic rings. The Balaban J connectivity index is 2.39. The van der Waals surface area contributed by atoms with E-state index in [0.29, 0.717) is 13.1 Å². The Labute approximate surface area is 69.7 Å². The molecule has 6 heteroatoms. The molecule has 6 nitrogen and oxygen atoms in total. The maximum Gasteiger partial charge on any atom is 0.235 e. The summed E-state index contributed by atoms with van der Waals surface area (Å²) in [6, 6.07) is -0.804. The second kappa shape index (κ2) is 3.51. The van der Waals surface area contributed by atoms with Crippen LogP contribution in [0.1, 0.15) is 0 Å². The lowest BCUT2D eigenvalue weighted by molar-refractivity contribution is -0.123. The lowest BCUT2D eigenvalue weighted by Gasteiger charge is -2.27. The predicted octanol–water partition coefficient (Wildman–Crippen LogP) is -3.11. The number of carbonyl (C=O) groups excluding carboxylic acids is 2. The van der Waals surface area contributed by atoms with Crippen molar-refractivity contribution in [3.8, 4) is 0 Å². The molecule has 0 aromatic carbocycles. The van der Waals surface area contributed by atoms with Gasteiger partial charge in [-0.15, -0.1) is 0 Å². The summed E-state index contributed by atoms with van der Waals surface area (Å²) in [5.41, 5.74) is 10.1. The average Bonchev–Trinajstić information content (AvgIpc) is 2.04. The molecule has 0 spiro atoms. The number of amides is 2. The van der Waals surface area contributed by atoms with Crippen molar-refractivity contribution in [1.82, 2.24) is 10.6 Å². The van der Waals surface area contributed by atoms with Crippen molar-refractivity contribution >= 4 is 11.8 Å². The van der Waals surface area contributed by atoms with Crippen LogP contribution in [0.5, 0.6) is 0 Å². The van der Waals surface area contributed by atoms with Crippen molar-refractivity contribution in [3.05, 3.63) is 0 Å². The van der Waals surface area contributed by atoms with Gasteiger partial charge in [0, 0.05) is 13.1 Å². The monoisotopic (exact) mass is 172 g/mol. The molecule has 2 atom stereocenters. The van der Waals surface area contributed by atoms with E-state index in [2.05, 4.69) is 10.6 Å². The van der Waals surface area contributed by atoms with E-state index in [1.165, 1.54) is 0 Å². The second-order valence-electron chi connectivity index (χ2n) is 2.73. The van der Waals surface area contributed by atoms with Gasteiger partial charge in [0.1, 0.15) is 0 Å². The number of piperazine rings is 1. The lowest BCUT2D eigenvalue weighted by Crippen LogP contribution is -2.62. The van der Waals surface area contributed by atoms with Gasteiger partial charge < -0.3 is 22.1 Å². The molecule has 0 aromatic rings. The Morgan fingerprint density at radius 1 is 1.00 bits per heavy atom. The molecule has 68 valence electrons. The number of hydrogen-bond acceptors (Lipinski definition) is 4. The van der Waals surface area contributed by atoms with E-state index >= 15 is 0 Å². The van der Waals surface area contributed by atoms with Crippen molar-refractivity contribution in [2.75, 3.05) is 13.1 Å². The van der Waals surface area contributed by atoms with Gasteiger partial charge in [-0.05, 0) is 0 Å². The Morgan fingerprint density at radius 2 is 1.33 bits per heavy atom. The minimum absolute atomic E-state index is 0.350. The van der Waals surface area contributed by atoms with E-state index in [4.69, 9.17) is 11.5 Å². The maximum absolute atomic E-state index is 10.6. The summed E-state index contributed by atoms with van der Waals surface area (Å²) in [5, 5.41) is 5.62. The van der Waals surface area contributed by atoms with Gasteiger partial charge in [-0.1, -0.05) is 0 Å². The summed E-state index contributed by atoms with van der Waals surface area (Å²) < 4.78 is 0. The summed E-state index contributed by atoms with van der Waals surface area (Å²) in [4.78, 5) is 21.3. The third kappa shape index (κ3) is 1.93. The van der Waals surface area contributed by atoms with Crippen LogP contribution in [0.3, 0.4) is 0 Å². The number of nitrogens with two attached hydrogens (primary N) is 2. The Morgan fingerprint density at radius 3 is 1.50 bits per heavy atom. The highest BCUT2D eigenvalue weighted by Gasteiger charge is 2.25. The Kier molecular flexibility index (Phi) is 2.61. The normalized spacial score (nSPS) is 29.7. The second-order valence-corrected chi connectivity index (χ2v) is 2.73. The van der Waals surface area contributed by atoms with Crippen LogP contribution in [0.4, 0.5) is 0 Å². The summed E-state index contributed by atoms with van der Waals surface area (Å²) in [7, 11) is 0. The third-order valence-electron chi connectivity index (χ3n) is 1.82. The zero-order valence-electron chi connectivity index (χ0n) is 6.54. The van der Waals surface area contributed by atoms with E-state index in [0.717, 1.165) is 0 Å². The topological polar surface area (TPSA) is 110 Å².